The van der Waals surface area contributed by atoms with Crippen LogP contribution in [0.25, 0.3) is 0 Å². The van der Waals surface area contributed by atoms with Crippen LogP contribution >= 0.6 is 11.6 Å². The predicted octanol–water partition coefficient (Wildman–Crippen LogP) is 3.60. The highest BCUT2D eigenvalue weighted by atomic mass is 35.5. The fourth-order valence-electron chi connectivity index (χ4n) is 2.93. The minimum atomic E-state index is -1.00. The molecule has 1 saturated heterocycles. The van der Waals surface area contributed by atoms with E-state index in [4.69, 9.17) is 16.7 Å². The fourth-order valence-corrected chi connectivity index (χ4v) is 3.12. The molecule has 1 amide bonds. The van der Waals surface area contributed by atoms with Crippen LogP contribution in [0.1, 0.15) is 30.1 Å². The minimum Gasteiger partial charge on any atom is -0.465 e. The van der Waals surface area contributed by atoms with Crippen LogP contribution in [-0.4, -0.2) is 48.3 Å². The lowest BCUT2D eigenvalue weighted by Gasteiger charge is -2.34. The van der Waals surface area contributed by atoms with Crippen molar-refractivity contribution in [3.8, 4) is 0 Å². The number of likely N-dealkylation sites (tertiary alicyclic amines) is 1. The summed E-state index contributed by atoms with van der Waals surface area (Å²) in [6.45, 7) is 2.52. The van der Waals surface area contributed by atoms with Gasteiger partial charge in [-0.05, 0) is 31.7 Å². The molecule has 1 aromatic carbocycles. The van der Waals surface area contributed by atoms with Crippen molar-refractivity contribution in [3.05, 3.63) is 28.3 Å². The van der Waals surface area contributed by atoms with Crippen molar-refractivity contribution in [2.24, 2.45) is 5.92 Å². The smallest absolute Gasteiger partial charge is 0.407 e. The van der Waals surface area contributed by atoms with Gasteiger partial charge in [-0.25, -0.2) is 18.4 Å². The van der Waals surface area contributed by atoms with Gasteiger partial charge in [0, 0.05) is 19.1 Å². The standard InChI is InChI=1S/C16H19ClF2N2O4/c1-8(9-3-5-21(6-4-9)16(23)24)20-14-12(17)11(18)7-10(13(14)19)15(22)25-2/h7-9,20H,3-6H2,1-2H3,(H,23,24)/t8-/m0/s1. The third-order valence-corrected chi connectivity index (χ3v) is 4.82. The number of nitrogens with one attached hydrogen (secondary N) is 1. The number of esters is 1. The first-order chi connectivity index (χ1) is 11.8. The summed E-state index contributed by atoms with van der Waals surface area (Å²) in [6.07, 6.45) is 0.193. The van der Waals surface area contributed by atoms with Crippen LogP contribution in [0.4, 0.5) is 19.3 Å². The number of benzene rings is 1. The molecule has 0 aromatic heterocycles. The van der Waals surface area contributed by atoms with Gasteiger partial charge in [0.25, 0.3) is 0 Å². The number of halogens is 3. The zero-order valence-corrected chi connectivity index (χ0v) is 14.6. The van der Waals surface area contributed by atoms with Gasteiger partial charge in [-0.3, -0.25) is 0 Å². The number of nitrogens with zero attached hydrogens (tertiary/aromatic N) is 1. The van der Waals surface area contributed by atoms with Gasteiger partial charge in [-0.2, -0.15) is 0 Å². The number of piperidine rings is 1. The third kappa shape index (κ3) is 4.12. The maximum absolute atomic E-state index is 14.5. The Balaban J connectivity index is 2.18. The average molecular weight is 377 g/mol. The first-order valence-corrected chi connectivity index (χ1v) is 8.14. The monoisotopic (exact) mass is 376 g/mol. The van der Waals surface area contributed by atoms with E-state index in [0.29, 0.717) is 32.0 Å². The number of ether oxygens (including phenoxy) is 1. The van der Waals surface area contributed by atoms with E-state index in [-0.39, 0.29) is 17.6 Å². The van der Waals surface area contributed by atoms with Crippen LogP contribution in [0.5, 0.6) is 0 Å². The molecule has 1 aliphatic heterocycles. The molecule has 0 unspecified atom stereocenters. The lowest BCUT2D eigenvalue weighted by Crippen LogP contribution is -2.41. The summed E-state index contributed by atoms with van der Waals surface area (Å²) >= 11 is 5.85. The van der Waals surface area contributed by atoms with E-state index in [9.17, 15) is 18.4 Å². The van der Waals surface area contributed by atoms with Crippen LogP contribution < -0.4 is 5.32 Å². The molecular formula is C16H19ClF2N2O4. The summed E-state index contributed by atoms with van der Waals surface area (Å²) < 4.78 is 32.9. The number of hydrogen-bond donors (Lipinski definition) is 2. The summed E-state index contributed by atoms with van der Waals surface area (Å²) in [5.74, 6) is -2.86. The van der Waals surface area contributed by atoms with E-state index in [2.05, 4.69) is 10.1 Å². The molecule has 0 radical (unpaired) electrons. The van der Waals surface area contributed by atoms with Gasteiger partial charge >= 0.3 is 12.1 Å². The molecule has 9 heteroatoms. The van der Waals surface area contributed by atoms with E-state index in [0.717, 1.165) is 7.11 Å². The topological polar surface area (TPSA) is 78.9 Å². The summed E-state index contributed by atoms with van der Waals surface area (Å²) in [4.78, 5) is 23.8. The van der Waals surface area contributed by atoms with E-state index in [1.54, 1.807) is 6.92 Å². The number of rotatable bonds is 4. The predicted molar refractivity (Wildman–Crippen MR) is 88.1 cm³/mol. The Morgan fingerprint density at radius 3 is 2.52 bits per heavy atom. The lowest BCUT2D eigenvalue weighted by molar-refractivity contribution is 0.0595. The SMILES string of the molecule is COC(=O)c1cc(F)c(Cl)c(N[C@@H](C)C2CCN(C(=O)O)CC2)c1F. The molecule has 6 nitrogen and oxygen atoms in total. The second kappa shape index (κ2) is 7.86. The number of carbonyl (C=O) groups is 2. The lowest BCUT2D eigenvalue weighted by atomic mass is 9.90. The first kappa shape index (κ1) is 19.2. The molecule has 1 aromatic rings. The molecule has 138 valence electrons. The van der Waals surface area contributed by atoms with Crippen LogP contribution in [-0.2, 0) is 4.74 Å². The minimum absolute atomic E-state index is 0.0518. The Hall–Kier alpha value is -2.09. The van der Waals surface area contributed by atoms with Gasteiger partial charge in [0.15, 0.2) is 5.82 Å². The second-order valence-corrected chi connectivity index (χ2v) is 6.32. The van der Waals surface area contributed by atoms with Gasteiger partial charge in [-0.15, -0.1) is 0 Å². The highest BCUT2D eigenvalue weighted by Gasteiger charge is 2.29. The number of anilines is 1. The molecule has 0 spiro atoms. The van der Waals surface area contributed by atoms with Crippen LogP contribution in [0.15, 0.2) is 6.07 Å². The van der Waals surface area contributed by atoms with Gasteiger partial charge in [0.1, 0.15) is 16.4 Å². The Morgan fingerprint density at radius 1 is 1.40 bits per heavy atom. The maximum atomic E-state index is 14.5. The van der Waals surface area contributed by atoms with E-state index in [1.165, 1.54) is 4.90 Å². The Morgan fingerprint density at radius 2 is 2.00 bits per heavy atom. The van der Waals surface area contributed by atoms with Crippen LogP contribution in [0, 0.1) is 17.6 Å². The van der Waals surface area contributed by atoms with Gasteiger partial charge < -0.3 is 20.1 Å². The summed E-state index contributed by atoms with van der Waals surface area (Å²) in [5, 5.41) is 11.4. The summed E-state index contributed by atoms with van der Waals surface area (Å²) in [5.41, 5.74) is -0.838. The normalized spacial score (nSPS) is 16.4. The van der Waals surface area contributed by atoms with Crippen molar-refractivity contribution in [1.29, 1.82) is 0 Å². The van der Waals surface area contributed by atoms with Gasteiger partial charge in [-0.1, -0.05) is 11.6 Å². The van der Waals surface area contributed by atoms with Crippen molar-refractivity contribution in [2.75, 3.05) is 25.5 Å². The largest absolute Gasteiger partial charge is 0.465 e. The molecule has 2 rings (SSSR count). The highest BCUT2D eigenvalue weighted by Crippen LogP contribution is 2.33. The molecule has 1 atom stereocenters. The molecule has 1 heterocycles. The van der Waals surface area contributed by atoms with Crippen LogP contribution in [0.3, 0.4) is 0 Å². The van der Waals surface area contributed by atoms with Gasteiger partial charge in [0.05, 0.1) is 12.8 Å². The quantitative estimate of drug-likeness (QED) is 0.620. The Kier molecular flexibility index (Phi) is 6.05. The summed E-state index contributed by atoms with van der Waals surface area (Å²) in [6, 6.07) is 0.403. The average Bonchev–Trinajstić information content (AvgIpc) is 2.60. The number of carbonyl (C=O) groups excluding carboxylic acids is 1. The Labute approximate surface area is 148 Å². The molecule has 25 heavy (non-hydrogen) atoms. The first-order valence-electron chi connectivity index (χ1n) is 7.76. The summed E-state index contributed by atoms with van der Waals surface area (Å²) in [7, 11) is 1.07. The van der Waals surface area contributed by atoms with E-state index < -0.39 is 34.3 Å². The molecular weight excluding hydrogens is 358 g/mol. The number of hydrogen-bond acceptors (Lipinski definition) is 4. The number of methoxy groups -OCH3 is 1. The van der Waals surface area contributed by atoms with Crippen molar-refractivity contribution >= 4 is 29.4 Å². The van der Waals surface area contributed by atoms with E-state index >= 15 is 0 Å². The van der Waals surface area contributed by atoms with Crippen molar-refractivity contribution in [1.82, 2.24) is 4.90 Å². The van der Waals surface area contributed by atoms with Crippen molar-refractivity contribution < 1.29 is 28.2 Å². The third-order valence-electron chi connectivity index (χ3n) is 4.45. The molecule has 1 aliphatic rings. The van der Waals surface area contributed by atoms with E-state index in [1.807, 2.05) is 0 Å². The molecule has 0 aliphatic carbocycles. The van der Waals surface area contributed by atoms with Gasteiger partial charge in [0.2, 0.25) is 0 Å². The molecule has 0 saturated carbocycles. The molecule has 2 N–H and O–H groups in total. The molecule has 0 bridgehead atoms. The zero-order valence-electron chi connectivity index (χ0n) is 13.8. The fraction of sp³-hybridized carbons (Fsp3) is 0.500. The van der Waals surface area contributed by atoms with Crippen molar-refractivity contribution in [2.45, 2.75) is 25.8 Å². The second-order valence-electron chi connectivity index (χ2n) is 5.94. The van der Waals surface area contributed by atoms with Crippen molar-refractivity contribution in [3.63, 3.8) is 0 Å². The maximum Gasteiger partial charge on any atom is 0.407 e. The number of amides is 1. The van der Waals surface area contributed by atoms with Crippen LogP contribution in [0.2, 0.25) is 5.02 Å². The highest BCUT2D eigenvalue weighted by molar-refractivity contribution is 6.33. The number of carboxylic acid groups (broad SMARTS) is 1. The zero-order chi connectivity index (χ0) is 18.7. The molecule has 1 fully saturated rings. The Bertz CT molecular complexity index is 679.